The molecule has 3 aromatic rings. The lowest BCUT2D eigenvalue weighted by Gasteiger charge is -2.12. The van der Waals surface area contributed by atoms with Crippen molar-refractivity contribution < 1.29 is 14.3 Å². The molecular formula is C20H21N7O3. The van der Waals surface area contributed by atoms with Crippen LogP contribution in [0.3, 0.4) is 0 Å². The van der Waals surface area contributed by atoms with Crippen molar-refractivity contribution in [1.29, 1.82) is 0 Å². The van der Waals surface area contributed by atoms with Gasteiger partial charge in [0.15, 0.2) is 5.82 Å². The monoisotopic (exact) mass is 407 g/mol. The summed E-state index contributed by atoms with van der Waals surface area (Å²) in [6.45, 7) is 4.06. The van der Waals surface area contributed by atoms with Gasteiger partial charge in [-0.25, -0.2) is 9.78 Å². The second-order valence-electron chi connectivity index (χ2n) is 6.68. The van der Waals surface area contributed by atoms with Crippen molar-refractivity contribution in [2.75, 3.05) is 26.3 Å². The van der Waals surface area contributed by atoms with Crippen LogP contribution in [0.15, 0.2) is 59.3 Å². The van der Waals surface area contributed by atoms with Crippen molar-refractivity contribution in [3.05, 3.63) is 60.2 Å². The molecule has 0 unspecified atom stereocenters. The molecule has 0 spiro atoms. The van der Waals surface area contributed by atoms with Crippen molar-refractivity contribution in [2.24, 2.45) is 10.2 Å². The van der Waals surface area contributed by atoms with E-state index in [1.807, 2.05) is 25.1 Å². The Bertz CT molecular complexity index is 1040. The van der Waals surface area contributed by atoms with Crippen LogP contribution in [-0.4, -0.2) is 56.8 Å². The smallest absolute Gasteiger partial charge is 0.410 e. The summed E-state index contributed by atoms with van der Waals surface area (Å²) in [5.41, 5.74) is 2.24. The van der Waals surface area contributed by atoms with E-state index in [9.17, 15) is 4.79 Å². The number of nitrogens with zero attached hydrogens (tertiary/aromatic N) is 7. The first-order chi connectivity index (χ1) is 14.7. The van der Waals surface area contributed by atoms with E-state index >= 15 is 0 Å². The van der Waals surface area contributed by atoms with Crippen LogP contribution in [0.25, 0.3) is 5.82 Å². The minimum atomic E-state index is -0.336. The highest BCUT2D eigenvalue weighted by molar-refractivity contribution is 5.69. The molecule has 3 heterocycles. The van der Waals surface area contributed by atoms with Gasteiger partial charge in [-0.15, -0.1) is 5.11 Å². The maximum atomic E-state index is 11.5. The van der Waals surface area contributed by atoms with Gasteiger partial charge in [-0.05, 0) is 12.5 Å². The molecule has 4 rings (SSSR count). The summed E-state index contributed by atoms with van der Waals surface area (Å²) in [6, 6.07) is 9.94. The van der Waals surface area contributed by atoms with Gasteiger partial charge in [0.05, 0.1) is 19.6 Å². The number of carbonyl (C=O) groups is 1. The molecule has 0 radical (unpaired) electrons. The molecule has 2 aromatic heterocycles. The molecule has 0 aliphatic carbocycles. The average Bonchev–Trinajstić information content (AvgIpc) is 3.40. The van der Waals surface area contributed by atoms with E-state index in [1.54, 1.807) is 34.3 Å². The molecule has 1 saturated heterocycles. The van der Waals surface area contributed by atoms with E-state index in [2.05, 4.69) is 31.2 Å². The Morgan fingerprint density at radius 2 is 2.20 bits per heavy atom. The van der Waals surface area contributed by atoms with Crippen molar-refractivity contribution in [3.63, 3.8) is 0 Å². The molecule has 0 saturated carbocycles. The maximum Gasteiger partial charge on any atom is 0.410 e. The van der Waals surface area contributed by atoms with Crippen LogP contribution in [0.2, 0.25) is 0 Å². The quantitative estimate of drug-likeness (QED) is 0.531. The normalized spacial score (nSPS) is 13.8. The largest absolute Gasteiger partial charge is 0.461 e. The molecule has 1 aromatic carbocycles. The van der Waals surface area contributed by atoms with Gasteiger partial charge in [-0.2, -0.15) is 15.1 Å². The Balaban J connectivity index is 1.47. The Morgan fingerprint density at radius 1 is 1.27 bits per heavy atom. The molecule has 10 heteroatoms. The second-order valence-corrected chi connectivity index (χ2v) is 6.68. The summed E-state index contributed by atoms with van der Waals surface area (Å²) in [4.78, 5) is 25.8. The van der Waals surface area contributed by atoms with Gasteiger partial charge >= 0.3 is 12.1 Å². The number of aromatic nitrogens is 4. The van der Waals surface area contributed by atoms with Gasteiger partial charge in [0, 0.05) is 18.5 Å². The first-order valence-electron chi connectivity index (χ1n) is 9.52. The number of benzene rings is 1. The number of hydrogen-bond donors (Lipinski definition) is 0. The SMILES string of the molecule is Cc1cccc(CN=Nc2cc(-n3ccnc3)nc(OCCN3CCOC3=O)n2)c1. The lowest BCUT2D eigenvalue weighted by atomic mass is 10.1. The minimum absolute atomic E-state index is 0.151. The van der Waals surface area contributed by atoms with Crippen LogP contribution in [0.5, 0.6) is 6.01 Å². The number of azo groups is 1. The number of ether oxygens (including phenoxy) is 2. The van der Waals surface area contributed by atoms with E-state index in [4.69, 9.17) is 9.47 Å². The summed E-state index contributed by atoms with van der Waals surface area (Å²) < 4.78 is 12.3. The summed E-state index contributed by atoms with van der Waals surface area (Å²) in [6.07, 6.45) is 4.71. The molecule has 1 aliphatic rings. The third-order valence-electron chi connectivity index (χ3n) is 4.39. The highest BCUT2D eigenvalue weighted by Gasteiger charge is 2.21. The highest BCUT2D eigenvalue weighted by atomic mass is 16.6. The maximum absolute atomic E-state index is 11.5. The van der Waals surface area contributed by atoms with E-state index in [0.29, 0.717) is 37.9 Å². The lowest BCUT2D eigenvalue weighted by molar-refractivity contribution is 0.152. The molecular weight excluding hydrogens is 386 g/mol. The zero-order valence-electron chi connectivity index (χ0n) is 16.5. The summed E-state index contributed by atoms with van der Waals surface area (Å²) in [5.74, 6) is 0.930. The topological polar surface area (TPSA) is 107 Å². The molecule has 1 fully saturated rings. The van der Waals surface area contributed by atoms with Gasteiger partial charge in [-0.3, -0.25) is 4.57 Å². The Kier molecular flexibility index (Phi) is 5.93. The summed E-state index contributed by atoms with van der Waals surface area (Å²) in [5, 5.41) is 8.49. The first kappa shape index (κ1) is 19.5. The van der Waals surface area contributed by atoms with Crippen LogP contribution in [0.4, 0.5) is 10.6 Å². The molecule has 1 aliphatic heterocycles. The molecule has 30 heavy (non-hydrogen) atoms. The van der Waals surface area contributed by atoms with Crippen LogP contribution >= 0.6 is 0 Å². The highest BCUT2D eigenvalue weighted by Crippen LogP contribution is 2.19. The van der Waals surface area contributed by atoms with E-state index in [-0.39, 0.29) is 18.7 Å². The van der Waals surface area contributed by atoms with Gasteiger partial charge in [0.2, 0.25) is 0 Å². The molecule has 0 bridgehead atoms. The number of amides is 1. The fourth-order valence-corrected chi connectivity index (χ4v) is 2.92. The van der Waals surface area contributed by atoms with Gasteiger partial charge in [-0.1, -0.05) is 29.8 Å². The minimum Gasteiger partial charge on any atom is -0.461 e. The van der Waals surface area contributed by atoms with E-state index in [0.717, 1.165) is 5.56 Å². The Morgan fingerprint density at radius 3 is 2.97 bits per heavy atom. The Hall–Kier alpha value is -3.82. The summed E-state index contributed by atoms with van der Waals surface area (Å²) in [7, 11) is 0. The van der Waals surface area contributed by atoms with Crippen LogP contribution < -0.4 is 4.74 Å². The van der Waals surface area contributed by atoms with Crippen LogP contribution in [0.1, 0.15) is 11.1 Å². The van der Waals surface area contributed by atoms with Crippen LogP contribution in [0, 0.1) is 6.92 Å². The van der Waals surface area contributed by atoms with E-state index < -0.39 is 0 Å². The number of rotatable bonds is 8. The van der Waals surface area contributed by atoms with Crippen molar-refractivity contribution in [2.45, 2.75) is 13.5 Å². The fraction of sp³-hybridized carbons (Fsp3) is 0.300. The third kappa shape index (κ3) is 4.96. The van der Waals surface area contributed by atoms with Crippen molar-refractivity contribution >= 4 is 11.9 Å². The molecule has 1 amide bonds. The number of cyclic esters (lactones) is 1. The van der Waals surface area contributed by atoms with Gasteiger partial charge < -0.3 is 14.4 Å². The number of imidazole rings is 1. The first-order valence-corrected chi connectivity index (χ1v) is 9.52. The standard InChI is InChI=1S/C20H21N7O3/c1-15-3-2-4-16(11-15)13-22-25-17-12-18(27-6-5-21-14-27)24-19(23-17)29-9-7-26-8-10-30-20(26)28/h2-6,11-12,14H,7-10,13H2,1H3. The lowest BCUT2D eigenvalue weighted by Crippen LogP contribution is -2.29. The van der Waals surface area contributed by atoms with Crippen molar-refractivity contribution in [3.8, 4) is 11.8 Å². The molecule has 154 valence electrons. The molecule has 10 nitrogen and oxygen atoms in total. The predicted molar refractivity (Wildman–Crippen MR) is 107 cm³/mol. The Labute approximate surface area is 173 Å². The van der Waals surface area contributed by atoms with Gasteiger partial charge in [0.1, 0.15) is 25.4 Å². The third-order valence-corrected chi connectivity index (χ3v) is 4.39. The van der Waals surface area contributed by atoms with Crippen LogP contribution in [-0.2, 0) is 11.3 Å². The number of carbonyl (C=O) groups excluding carboxylic acids is 1. The van der Waals surface area contributed by atoms with Crippen molar-refractivity contribution in [1.82, 2.24) is 24.4 Å². The zero-order chi connectivity index (χ0) is 20.8. The predicted octanol–water partition coefficient (Wildman–Crippen LogP) is 3.09. The fourth-order valence-electron chi connectivity index (χ4n) is 2.92. The number of aryl methyl sites for hydroxylation is 1. The van der Waals surface area contributed by atoms with Gasteiger partial charge in [0.25, 0.3) is 0 Å². The average molecular weight is 407 g/mol. The summed E-state index contributed by atoms with van der Waals surface area (Å²) >= 11 is 0. The second kappa shape index (κ2) is 9.12. The molecule has 0 atom stereocenters. The van der Waals surface area contributed by atoms with E-state index in [1.165, 1.54) is 5.56 Å². The zero-order valence-corrected chi connectivity index (χ0v) is 16.5. The molecule has 0 N–H and O–H groups in total. The number of hydrogen-bond acceptors (Lipinski definition) is 8.